The summed E-state index contributed by atoms with van der Waals surface area (Å²) >= 11 is 1.39. The predicted octanol–water partition coefficient (Wildman–Crippen LogP) is 4.40. The summed E-state index contributed by atoms with van der Waals surface area (Å²) in [7, 11) is 0. The van der Waals surface area contributed by atoms with Gasteiger partial charge in [-0.15, -0.1) is 22.6 Å². The predicted molar refractivity (Wildman–Crippen MR) is 147 cm³/mol. The lowest BCUT2D eigenvalue weighted by molar-refractivity contribution is -0.135. The molecule has 37 heavy (non-hydrogen) atoms. The molecule has 1 aromatic heterocycles. The van der Waals surface area contributed by atoms with E-state index in [0.29, 0.717) is 37.5 Å². The van der Waals surface area contributed by atoms with E-state index in [2.05, 4.69) is 25.7 Å². The van der Waals surface area contributed by atoms with E-state index in [9.17, 15) is 14.4 Å². The highest BCUT2D eigenvalue weighted by atomic mass is 35.5. The zero-order valence-electron chi connectivity index (χ0n) is 22.7. The van der Waals surface area contributed by atoms with E-state index in [1.54, 1.807) is 0 Å². The van der Waals surface area contributed by atoms with Crippen LogP contribution in [0.2, 0.25) is 0 Å². The summed E-state index contributed by atoms with van der Waals surface area (Å²) in [5.74, 6) is -0.705. The molecule has 1 aliphatic carbocycles. The normalized spacial score (nSPS) is 18.8. The van der Waals surface area contributed by atoms with E-state index >= 15 is 0 Å². The third kappa shape index (κ3) is 9.55. The number of amides is 2. The fraction of sp³-hybridized carbons (Fsp3) is 0.808. The van der Waals surface area contributed by atoms with Crippen molar-refractivity contribution in [3.63, 3.8) is 0 Å². The molecule has 0 spiro atoms. The van der Waals surface area contributed by atoms with Gasteiger partial charge in [0.15, 0.2) is 0 Å². The van der Waals surface area contributed by atoms with Gasteiger partial charge in [0.25, 0.3) is 11.1 Å². The van der Waals surface area contributed by atoms with Crippen LogP contribution < -0.4 is 10.6 Å². The third-order valence-corrected chi connectivity index (χ3v) is 7.74. The average Bonchev–Trinajstić information content (AvgIpc) is 3.30. The standard InChI is InChI=1S/C26H43N5O4S.ClH/c1-18(2)17-20(22(33)23-29-30-25(35-23)36-19(3)4)27-24(34)26(12-7-5-8-13-26)28-21(32)11-16-31-14-9-6-10-15-31;/h18-20H,5-17H2,1-4H3,(H,27,34)(H,28,32);1H. The number of halogens is 1. The number of nitrogens with one attached hydrogen (secondary N) is 2. The average molecular weight is 558 g/mol. The van der Waals surface area contributed by atoms with Crippen molar-refractivity contribution in [3.8, 4) is 0 Å². The largest absolute Gasteiger partial charge is 0.408 e. The fourth-order valence-corrected chi connectivity index (χ4v) is 5.66. The van der Waals surface area contributed by atoms with Gasteiger partial charge in [0.2, 0.25) is 17.6 Å². The Morgan fingerprint density at radius 1 is 1.00 bits per heavy atom. The first-order valence-electron chi connectivity index (χ1n) is 13.6. The highest BCUT2D eigenvalue weighted by Gasteiger charge is 2.42. The molecular formula is C26H44ClN5O4S. The second-order valence-corrected chi connectivity index (χ2v) is 12.4. The molecule has 210 valence electrons. The van der Waals surface area contributed by atoms with Gasteiger partial charge in [-0.1, -0.05) is 65.1 Å². The molecule has 1 aromatic rings. The van der Waals surface area contributed by atoms with Crippen LogP contribution in [0.15, 0.2) is 9.64 Å². The van der Waals surface area contributed by atoms with Gasteiger partial charge in [0.1, 0.15) is 5.54 Å². The van der Waals surface area contributed by atoms with E-state index in [-0.39, 0.29) is 47.1 Å². The molecule has 2 N–H and O–H groups in total. The number of nitrogens with zero attached hydrogens (tertiary/aromatic N) is 3. The maximum absolute atomic E-state index is 13.7. The summed E-state index contributed by atoms with van der Waals surface area (Å²) in [5.41, 5.74) is -0.986. The van der Waals surface area contributed by atoms with Crippen molar-refractivity contribution in [2.24, 2.45) is 5.92 Å². The van der Waals surface area contributed by atoms with Crippen molar-refractivity contribution in [3.05, 3.63) is 5.89 Å². The molecule has 0 aromatic carbocycles. The molecule has 9 nitrogen and oxygen atoms in total. The number of carbonyl (C=O) groups is 3. The zero-order chi connectivity index (χ0) is 26.1. The number of ketones is 1. The lowest BCUT2D eigenvalue weighted by Crippen LogP contribution is -2.62. The van der Waals surface area contributed by atoms with Crippen LogP contribution in [0.4, 0.5) is 0 Å². The lowest BCUT2D eigenvalue weighted by atomic mass is 9.80. The second kappa shape index (κ2) is 15.1. The Morgan fingerprint density at radius 2 is 1.65 bits per heavy atom. The molecular weight excluding hydrogens is 514 g/mol. The van der Waals surface area contributed by atoms with Crippen LogP contribution in [-0.2, 0) is 9.59 Å². The molecule has 3 rings (SSSR count). The van der Waals surface area contributed by atoms with Gasteiger partial charge in [0, 0.05) is 18.2 Å². The number of aromatic nitrogens is 2. The Labute approximate surface area is 231 Å². The smallest absolute Gasteiger partial charge is 0.286 e. The van der Waals surface area contributed by atoms with Crippen molar-refractivity contribution in [2.75, 3.05) is 19.6 Å². The molecule has 2 heterocycles. The van der Waals surface area contributed by atoms with Crippen molar-refractivity contribution in [1.29, 1.82) is 0 Å². The molecule has 1 atom stereocenters. The Bertz CT molecular complexity index is 882. The number of Topliss-reactive ketones (excluding diaryl/α,β-unsaturated/α-hetero) is 1. The highest BCUT2D eigenvalue weighted by molar-refractivity contribution is 7.99. The van der Waals surface area contributed by atoms with Gasteiger partial charge in [-0.2, -0.15) is 0 Å². The van der Waals surface area contributed by atoms with E-state index in [1.807, 2.05) is 27.7 Å². The van der Waals surface area contributed by atoms with Gasteiger partial charge in [-0.3, -0.25) is 14.4 Å². The van der Waals surface area contributed by atoms with Gasteiger partial charge < -0.3 is 20.0 Å². The quantitative estimate of drug-likeness (QED) is 0.287. The maximum atomic E-state index is 13.7. The van der Waals surface area contributed by atoms with E-state index in [1.165, 1.54) is 31.0 Å². The molecule has 11 heteroatoms. The SMILES string of the molecule is CC(C)CC(NC(=O)C1(NC(=O)CCN2CCCCC2)CCCCC1)C(=O)c1nnc(SC(C)C)o1.Cl. The summed E-state index contributed by atoms with van der Waals surface area (Å²) in [5, 5.41) is 14.6. The Hall–Kier alpha value is -1.65. The van der Waals surface area contributed by atoms with E-state index < -0.39 is 11.6 Å². The number of thioether (sulfide) groups is 1. The van der Waals surface area contributed by atoms with Crippen LogP contribution >= 0.6 is 24.2 Å². The van der Waals surface area contributed by atoms with Crippen molar-refractivity contribution >= 4 is 41.8 Å². The zero-order valence-corrected chi connectivity index (χ0v) is 24.3. The van der Waals surface area contributed by atoms with Gasteiger partial charge in [0.05, 0.1) is 6.04 Å². The van der Waals surface area contributed by atoms with Gasteiger partial charge in [-0.05, 0) is 51.1 Å². The summed E-state index contributed by atoms with van der Waals surface area (Å²) in [4.78, 5) is 42.2. The maximum Gasteiger partial charge on any atom is 0.286 e. The summed E-state index contributed by atoms with van der Waals surface area (Å²) < 4.78 is 5.59. The first-order chi connectivity index (χ1) is 17.2. The molecule has 1 saturated carbocycles. The van der Waals surface area contributed by atoms with Crippen LogP contribution in [0, 0.1) is 5.92 Å². The molecule has 0 radical (unpaired) electrons. The fourth-order valence-electron chi connectivity index (χ4n) is 5.04. The number of carbonyl (C=O) groups excluding carboxylic acids is 3. The molecule has 0 bridgehead atoms. The number of likely N-dealkylation sites (tertiary alicyclic amines) is 1. The van der Waals surface area contributed by atoms with Crippen LogP contribution in [0.5, 0.6) is 0 Å². The highest BCUT2D eigenvalue weighted by Crippen LogP contribution is 2.29. The topological polar surface area (TPSA) is 117 Å². The second-order valence-electron chi connectivity index (χ2n) is 10.9. The monoisotopic (exact) mass is 557 g/mol. The minimum Gasteiger partial charge on any atom is -0.408 e. The first kappa shape index (κ1) is 31.6. The molecule has 2 aliphatic rings. The van der Waals surface area contributed by atoms with Crippen LogP contribution in [0.25, 0.3) is 0 Å². The van der Waals surface area contributed by atoms with Crippen LogP contribution in [-0.4, -0.2) is 69.2 Å². The number of hydrogen-bond acceptors (Lipinski definition) is 8. The third-order valence-electron chi connectivity index (χ3n) is 6.91. The van der Waals surface area contributed by atoms with Crippen LogP contribution in [0.1, 0.15) is 103 Å². The number of hydrogen-bond donors (Lipinski definition) is 2. The summed E-state index contributed by atoms with van der Waals surface area (Å²) in [6, 6.07) is -0.793. The first-order valence-corrected chi connectivity index (χ1v) is 14.4. The molecule has 2 fully saturated rings. The van der Waals surface area contributed by atoms with Gasteiger partial charge >= 0.3 is 0 Å². The number of piperidine rings is 1. The van der Waals surface area contributed by atoms with Crippen molar-refractivity contribution in [1.82, 2.24) is 25.7 Å². The molecule has 1 aliphatic heterocycles. The molecule has 1 unspecified atom stereocenters. The molecule has 2 amide bonds. The van der Waals surface area contributed by atoms with Gasteiger partial charge in [-0.25, -0.2) is 0 Å². The van der Waals surface area contributed by atoms with Crippen molar-refractivity contribution in [2.45, 2.75) is 114 Å². The number of rotatable bonds is 12. The lowest BCUT2D eigenvalue weighted by Gasteiger charge is -2.38. The Balaban J connectivity index is 0.00000481. The minimum absolute atomic E-state index is 0. The molecule has 1 saturated heterocycles. The van der Waals surface area contributed by atoms with Crippen molar-refractivity contribution < 1.29 is 18.8 Å². The summed E-state index contributed by atoms with van der Waals surface area (Å²) in [6.45, 7) is 10.8. The van der Waals surface area contributed by atoms with E-state index in [0.717, 1.165) is 32.4 Å². The Morgan fingerprint density at radius 3 is 2.27 bits per heavy atom. The summed E-state index contributed by atoms with van der Waals surface area (Å²) in [6.07, 6.45) is 8.34. The Kier molecular flexibility index (Phi) is 12.9. The van der Waals surface area contributed by atoms with Crippen LogP contribution in [0.3, 0.4) is 0 Å². The minimum atomic E-state index is -0.986. The van der Waals surface area contributed by atoms with E-state index in [4.69, 9.17) is 4.42 Å².